The van der Waals surface area contributed by atoms with Crippen molar-refractivity contribution >= 4 is 39.0 Å². The molecule has 1 aliphatic rings. The second-order valence-electron chi connectivity index (χ2n) is 8.35. The number of amides is 1. The number of fused-ring (bicyclic) bond motifs is 1. The van der Waals surface area contributed by atoms with Gasteiger partial charge >= 0.3 is 5.97 Å². The predicted molar refractivity (Wildman–Crippen MR) is 130 cm³/mol. The van der Waals surface area contributed by atoms with Gasteiger partial charge in [-0.1, -0.05) is 42.5 Å². The van der Waals surface area contributed by atoms with Crippen LogP contribution < -0.4 is 5.32 Å². The van der Waals surface area contributed by atoms with E-state index >= 15 is 0 Å². The molecule has 1 heterocycles. The van der Waals surface area contributed by atoms with Gasteiger partial charge in [0.1, 0.15) is 5.00 Å². The van der Waals surface area contributed by atoms with Crippen LogP contribution in [0.25, 0.3) is 10.8 Å². The molecule has 5 nitrogen and oxygen atoms in total. The SMILES string of the molecule is CCOC(=O)c1c(NC(=O)CCN(Cc2cccc3ccccc23)C2CC2)sc(C)c1C. The maximum atomic E-state index is 12.8. The van der Waals surface area contributed by atoms with Gasteiger partial charge in [-0.3, -0.25) is 9.69 Å². The Morgan fingerprint density at radius 3 is 2.62 bits per heavy atom. The van der Waals surface area contributed by atoms with Crippen LogP contribution in [-0.4, -0.2) is 36.0 Å². The summed E-state index contributed by atoms with van der Waals surface area (Å²) in [7, 11) is 0. The number of esters is 1. The summed E-state index contributed by atoms with van der Waals surface area (Å²) in [6, 6.07) is 15.4. The lowest BCUT2D eigenvalue weighted by molar-refractivity contribution is -0.116. The van der Waals surface area contributed by atoms with Crippen LogP contribution in [-0.2, 0) is 16.1 Å². The van der Waals surface area contributed by atoms with E-state index in [0.717, 1.165) is 17.0 Å². The summed E-state index contributed by atoms with van der Waals surface area (Å²) in [4.78, 5) is 28.6. The van der Waals surface area contributed by atoms with Crippen molar-refractivity contribution < 1.29 is 14.3 Å². The molecular weight excluding hydrogens is 420 g/mol. The maximum absolute atomic E-state index is 12.8. The minimum Gasteiger partial charge on any atom is -0.462 e. The summed E-state index contributed by atoms with van der Waals surface area (Å²) >= 11 is 1.43. The summed E-state index contributed by atoms with van der Waals surface area (Å²) in [6.45, 7) is 7.48. The summed E-state index contributed by atoms with van der Waals surface area (Å²) in [6.07, 6.45) is 2.75. The molecule has 0 spiro atoms. The van der Waals surface area contributed by atoms with Crippen LogP contribution in [0.3, 0.4) is 0 Å². The fourth-order valence-electron chi connectivity index (χ4n) is 4.08. The van der Waals surface area contributed by atoms with E-state index in [1.165, 1.54) is 40.5 Å². The highest BCUT2D eigenvalue weighted by molar-refractivity contribution is 7.16. The normalized spacial score (nSPS) is 13.5. The van der Waals surface area contributed by atoms with Gasteiger partial charge in [-0.2, -0.15) is 0 Å². The molecule has 0 saturated heterocycles. The van der Waals surface area contributed by atoms with Crippen LogP contribution in [0.2, 0.25) is 0 Å². The molecule has 0 atom stereocenters. The lowest BCUT2D eigenvalue weighted by atomic mass is 10.0. The zero-order chi connectivity index (χ0) is 22.7. The lowest BCUT2D eigenvalue weighted by Crippen LogP contribution is -2.29. The molecule has 6 heteroatoms. The monoisotopic (exact) mass is 450 g/mol. The average Bonchev–Trinajstić information content (AvgIpc) is 3.58. The molecule has 0 aliphatic heterocycles. The number of thiophene rings is 1. The third-order valence-electron chi connectivity index (χ3n) is 6.06. The molecule has 1 N–H and O–H groups in total. The van der Waals surface area contributed by atoms with Crippen molar-refractivity contribution in [1.29, 1.82) is 0 Å². The largest absolute Gasteiger partial charge is 0.462 e. The molecular formula is C26H30N2O3S. The minimum atomic E-state index is -0.375. The van der Waals surface area contributed by atoms with Crippen LogP contribution in [0.15, 0.2) is 42.5 Å². The number of nitrogens with one attached hydrogen (secondary N) is 1. The quantitative estimate of drug-likeness (QED) is 0.426. The van der Waals surface area contributed by atoms with Gasteiger partial charge in [-0.25, -0.2) is 4.79 Å². The summed E-state index contributed by atoms with van der Waals surface area (Å²) in [5.41, 5.74) is 2.65. The third kappa shape index (κ3) is 5.03. The fourth-order valence-corrected chi connectivity index (χ4v) is 5.14. The van der Waals surface area contributed by atoms with E-state index < -0.39 is 0 Å². The zero-order valence-electron chi connectivity index (χ0n) is 18.9. The Morgan fingerprint density at radius 2 is 1.88 bits per heavy atom. The molecule has 1 aliphatic carbocycles. The van der Waals surface area contributed by atoms with Crippen molar-refractivity contribution in [2.24, 2.45) is 0 Å². The van der Waals surface area contributed by atoms with Crippen molar-refractivity contribution in [3.05, 3.63) is 64.0 Å². The van der Waals surface area contributed by atoms with Crippen molar-refractivity contribution in [3.63, 3.8) is 0 Å². The first kappa shape index (κ1) is 22.5. The van der Waals surface area contributed by atoms with E-state index in [1.807, 2.05) is 13.8 Å². The number of hydrogen-bond acceptors (Lipinski definition) is 5. The van der Waals surface area contributed by atoms with Crippen LogP contribution in [0.5, 0.6) is 0 Å². The Kier molecular flexibility index (Phi) is 6.92. The first-order valence-electron chi connectivity index (χ1n) is 11.3. The highest BCUT2D eigenvalue weighted by Gasteiger charge is 2.29. The molecule has 0 unspecified atom stereocenters. The molecule has 0 bridgehead atoms. The van der Waals surface area contributed by atoms with E-state index in [2.05, 4.69) is 52.7 Å². The van der Waals surface area contributed by atoms with Crippen molar-refractivity contribution in [3.8, 4) is 0 Å². The van der Waals surface area contributed by atoms with E-state index in [-0.39, 0.29) is 11.9 Å². The summed E-state index contributed by atoms with van der Waals surface area (Å²) in [5.74, 6) is -0.444. The van der Waals surface area contributed by atoms with Crippen molar-refractivity contribution in [2.45, 2.75) is 52.6 Å². The van der Waals surface area contributed by atoms with Gasteiger partial charge in [0.05, 0.1) is 12.2 Å². The van der Waals surface area contributed by atoms with Crippen LogP contribution in [0.1, 0.15) is 52.5 Å². The number of anilines is 1. The Balaban J connectivity index is 1.43. The molecule has 3 aromatic rings. The Morgan fingerprint density at radius 1 is 1.12 bits per heavy atom. The molecule has 1 fully saturated rings. The lowest BCUT2D eigenvalue weighted by Gasteiger charge is -2.22. The van der Waals surface area contributed by atoms with Gasteiger partial charge in [-0.15, -0.1) is 11.3 Å². The van der Waals surface area contributed by atoms with Gasteiger partial charge in [-0.05, 0) is 55.5 Å². The van der Waals surface area contributed by atoms with Gasteiger partial charge in [0, 0.05) is 30.4 Å². The highest BCUT2D eigenvalue weighted by Crippen LogP contribution is 2.34. The molecule has 0 radical (unpaired) electrons. The van der Waals surface area contributed by atoms with Crippen LogP contribution in [0.4, 0.5) is 5.00 Å². The number of rotatable bonds is 9. The second-order valence-corrected chi connectivity index (χ2v) is 9.57. The molecule has 1 saturated carbocycles. The van der Waals surface area contributed by atoms with Gasteiger partial charge in [0.25, 0.3) is 0 Å². The average molecular weight is 451 g/mol. The molecule has 32 heavy (non-hydrogen) atoms. The number of hydrogen-bond donors (Lipinski definition) is 1. The van der Waals surface area contributed by atoms with Gasteiger partial charge < -0.3 is 10.1 Å². The Labute approximate surface area is 193 Å². The van der Waals surface area contributed by atoms with Crippen molar-refractivity contribution in [2.75, 3.05) is 18.5 Å². The number of nitrogens with zero attached hydrogens (tertiary/aromatic N) is 1. The summed E-state index contributed by atoms with van der Waals surface area (Å²) < 4.78 is 5.19. The molecule has 1 amide bonds. The number of aryl methyl sites for hydroxylation is 1. The molecule has 1 aromatic heterocycles. The van der Waals surface area contributed by atoms with Crippen LogP contribution >= 0.6 is 11.3 Å². The maximum Gasteiger partial charge on any atom is 0.341 e. The van der Waals surface area contributed by atoms with E-state index in [9.17, 15) is 9.59 Å². The molecule has 4 rings (SSSR count). The van der Waals surface area contributed by atoms with E-state index in [1.54, 1.807) is 6.92 Å². The minimum absolute atomic E-state index is 0.0691. The number of carbonyl (C=O) groups excluding carboxylic acids is 2. The van der Waals surface area contributed by atoms with Gasteiger partial charge in [0.15, 0.2) is 0 Å². The van der Waals surface area contributed by atoms with E-state index in [4.69, 9.17) is 4.74 Å². The van der Waals surface area contributed by atoms with Gasteiger partial charge in [0.2, 0.25) is 5.91 Å². The second kappa shape index (κ2) is 9.84. The number of carbonyl (C=O) groups is 2. The molecule has 168 valence electrons. The topological polar surface area (TPSA) is 58.6 Å². The van der Waals surface area contributed by atoms with E-state index in [0.29, 0.717) is 36.2 Å². The smallest absolute Gasteiger partial charge is 0.341 e. The Bertz CT molecular complexity index is 1130. The first-order valence-corrected chi connectivity index (χ1v) is 12.1. The summed E-state index contributed by atoms with van der Waals surface area (Å²) in [5, 5.41) is 6.08. The third-order valence-corrected chi connectivity index (χ3v) is 7.18. The first-order chi connectivity index (χ1) is 15.5. The Hall–Kier alpha value is -2.70. The standard InChI is InChI=1S/C26H30N2O3S/c1-4-31-26(30)24-17(2)18(3)32-25(24)27-23(29)14-15-28(21-12-13-21)16-20-10-7-9-19-8-5-6-11-22(19)20/h5-11,21H,4,12-16H2,1-3H3,(H,27,29). The highest BCUT2D eigenvalue weighted by atomic mass is 32.1. The predicted octanol–water partition coefficient (Wildman–Crippen LogP) is 5.69. The molecule has 2 aromatic carbocycles. The van der Waals surface area contributed by atoms with Crippen LogP contribution in [0, 0.1) is 13.8 Å². The fraction of sp³-hybridized carbons (Fsp3) is 0.385. The number of benzene rings is 2. The zero-order valence-corrected chi connectivity index (χ0v) is 19.8. The van der Waals surface area contributed by atoms with Crippen molar-refractivity contribution in [1.82, 2.24) is 4.90 Å². The number of ether oxygens (including phenoxy) is 1.